The summed E-state index contributed by atoms with van der Waals surface area (Å²) in [6.45, 7) is 3.41. The fraction of sp³-hybridized carbons (Fsp3) is 0.438. The molecule has 1 aliphatic rings. The molecule has 3 rings (SSSR count). The molecule has 1 aromatic carbocycles. The first-order chi connectivity index (χ1) is 10.1. The van der Waals surface area contributed by atoms with Gasteiger partial charge in [0.25, 0.3) is 0 Å². The van der Waals surface area contributed by atoms with E-state index in [9.17, 15) is 0 Å². The second-order valence-corrected chi connectivity index (χ2v) is 6.21. The number of piperidine rings is 1. The number of nitrogens with one attached hydrogen (secondary N) is 1. The molecule has 5 heteroatoms. The lowest BCUT2D eigenvalue weighted by atomic mass is 9.98. The average molecular weight is 305 g/mol. The highest BCUT2D eigenvalue weighted by atomic mass is 35.5. The number of imidazole rings is 1. The first kappa shape index (κ1) is 14.4. The largest absolute Gasteiger partial charge is 0.380 e. The summed E-state index contributed by atoms with van der Waals surface area (Å²) in [5.74, 6) is 0. The van der Waals surface area contributed by atoms with Crippen molar-refractivity contribution >= 4 is 17.3 Å². The lowest BCUT2D eigenvalue weighted by Gasteiger charge is -2.36. The van der Waals surface area contributed by atoms with E-state index in [1.54, 1.807) is 12.5 Å². The number of likely N-dealkylation sites (tertiary alicyclic amines) is 1. The molecule has 0 aliphatic carbocycles. The Hall–Kier alpha value is -1.52. The Morgan fingerprint density at radius 2 is 2.24 bits per heavy atom. The van der Waals surface area contributed by atoms with Crippen LogP contribution in [0.4, 0.5) is 5.69 Å². The predicted octanol–water partition coefficient (Wildman–Crippen LogP) is 3.42. The van der Waals surface area contributed by atoms with E-state index in [0.29, 0.717) is 12.1 Å². The Labute approximate surface area is 130 Å². The molecular weight excluding hydrogens is 284 g/mol. The van der Waals surface area contributed by atoms with Crippen LogP contribution in [0.1, 0.15) is 19.8 Å². The molecule has 2 unspecified atom stereocenters. The van der Waals surface area contributed by atoms with Crippen molar-refractivity contribution in [3.05, 3.63) is 41.9 Å². The molecule has 21 heavy (non-hydrogen) atoms. The molecular formula is C16H21ClN4. The number of para-hydroxylation sites is 1. The summed E-state index contributed by atoms with van der Waals surface area (Å²) in [4.78, 5) is 6.53. The van der Waals surface area contributed by atoms with Crippen LogP contribution < -0.4 is 5.32 Å². The summed E-state index contributed by atoms with van der Waals surface area (Å²) in [7, 11) is 2.19. The van der Waals surface area contributed by atoms with E-state index >= 15 is 0 Å². The molecule has 1 aliphatic heterocycles. The Balaban J connectivity index is 1.85. The van der Waals surface area contributed by atoms with Crippen molar-refractivity contribution in [1.29, 1.82) is 0 Å². The molecule has 2 atom stereocenters. The Bertz CT molecular complexity index is 596. The third-order valence-corrected chi connectivity index (χ3v) is 4.62. The quantitative estimate of drug-likeness (QED) is 0.943. The summed E-state index contributed by atoms with van der Waals surface area (Å²) in [6.07, 6.45) is 7.77. The molecule has 1 aromatic heterocycles. The molecule has 0 spiro atoms. The van der Waals surface area contributed by atoms with E-state index in [0.717, 1.165) is 35.8 Å². The van der Waals surface area contributed by atoms with Crippen LogP contribution in [0.2, 0.25) is 5.02 Å². The number of nitrogens with zero attached hydrogens (tertiary/aromatic N) is 3. The van der Waals surface area contributed by atoms with Crippen LogP contribution in [0.15, 0.2) is 36.9 Å². The normalized spacial score (nSPS) is 23.2. The average Bonchev–Trinajstić information content (AvgIpc) is 2.97. The summed E-state index contributed by atoms with van der Waals surface area (Å²) in [5.41, 5.74) is 2.05. The number of anilines is 1. The van der Waals surface area contributed by atoms with E-state index in [4.69, 9.17) is 11.6 Å². The van der Waals surface area contributed by atoms with Crippen molar-refractivity contribution in [2.45, 2.75) is 31.8 Å². The zero-order chi connectivity index (χ0) is 14.8. The number of rotatable bonds is 3. The molecule has 112 valence electrons. The van der Waals surface area contributed by atoms with Crippen LogP contribution in [0.5, 0.6) is 0 Å². The highest BCUT2D eigenvalue weighted by Crippen LogP contribution is 2.30. The summed E-state index contributed by atoms with van der Waals surface area (Å²) < 4.78 is 1.96. The molecule has 4 nitrogen and oxygen atoms in total. The molecule has 0 amide bonds. The predicted molar refractivity (Wildman–Crippen MR) is 87.3 cm³/mol. The van der Waals surface area contributed by atoms with Crippen LogP contribution in [0.3, 0.4) is 0 Å². The van der Waals surface area contributed by atoms with E-state index in [-0.39, 0.29) is 0 Å². The second kappa shape index (κ2) is 6.08. The highest BCUT2D eigenvalue weighted by molar-refractivity contribution is 6.33. The topological polar surface area (TPSA) is 33.1 Å². The van der Waals surface area contributed by atoms with Gasteiger partial charge < -0.3 is 14.8 Å². The van der Waals surface area contributed by atoms with Crippen molar-refractivity contribution in [2.24, 2.45) is 0 Å². The molecule has 2 aromatic rings. The Kier molecular flexibility index (Phi) is 4.17. The number of benzene rings is 1. The molecule has 1 fully saturated rings. The van der Waals surface area contributed by atoms with Crippen LogP contribution in [0.25, 0.3) is 5.69 Å². The summed E-state index contributed by atoms with van der Waals surface area (Å²) in [6, 6.07) is 7.08. The SMILES string of the molecule is CC1CC(Nc2cccc(Cl)c2-n2ccnc2)CCN1C. The Morgan fingerprint density at radius 3 is 2.95 bits per heavy atom. The minimum atomic E-state index is 0.483. The first-order valence-corrected chi connectivity index (χ1v) is 7.76. The van der Waals surface area contributed by atoms with Crippen molar-refractivity contribution in [3.8, 4) is 5.69 Å². The van der Waals surface area contributed by atoms with Gasteiger partial charge in [-0.3, -0.25) is 0 Å². The smallest absolute Gasteiger partial charge is 0.0992 e. The van der Waals surface area contributed by atoms with Gasteiger partial charge in [-0.15, -0.1) is 0 Å². The third kappa shape index (κ3) is 3.06. The van der Waals surface area contributed by atoms with Crippen LogP contribution in [-0.4, -0.2) is 40.1 Å². The molecule has 0 radical (unpaired) electrons. The van der Waals surface area contributed by atoms with Gasteiger partial charge in [0.05, 0.1) is 22.7 Å². The van der Waals surface area contributed by atoms with Crippen molar-refractivity contribution in [1.82, 2.24) is 14.5 Å². The monoisotopic (exact) mass is 304 g/mol. The minimum Gasteiger partial charge on any atom is -0.380 e. The standard InChI is InChI=1S/C16H21ClN4/c1-12-10-13(6-8-20(12)2)19-15-5-3-4-14(17)16(15)21-9-7-18-11-21/h3-5,7,9,11-13,19H,6,8,10H2,1-2H3. The zero-order valence-corrected chi connectivity index (χ0v) is 13.2. The maximum Gasteiger partial charge on any atom is 0.0992 e. The summed E-state index contributed by atoms with van der Waals surface area (Å²) in [5, 5.41) is 4.40. The van der Waals surface area contributed by atoms with Gasteiger partial charge in [-0.2, -0.15) is 0 Å². The first-order valence-electron chi connectivity index (χ1n) is 7.39. The lowest BCUT2D eigenvalue weighted by molar-refractivity contribution is 0.190. The maximum atomic E-state index is 6.39. The minimum absolute atomic E-state index is 0.483. The van der Waals surface area contributed by atoms with Gasteiger partial charge in [0.2, 0.25) is 0 Å². The number of hydrogen-bond donors (Lipinski definition) is 1. The van der Waals surface area contributed by atoms with Gasteiger partial charge in [0, 0.05) is 31.0 Å². The zero-order valence-electron chi connectivity index (χ0n) is 12.5. The van der Waals surface area contributed by atoms with Crippen LogP contribution in [-0.2, 0) is 0 Å². The van der Waals surface area contributed by atoms with Gasteiger partial charge in [-0.05, 0) is 38.9 Å². The van der Waals surface area contributed by atoms with Crippen molar-refractivity contribution in [3.63, 3.8) is 0 Å². The number of halogens is 1. The van der Waals surface area contributed by atoms with E-state index in [1.165, 1.54) is 0 Å². The van der Waals surface area contributed by atoms with E-state index < -0.39 is 0 Å². The number of hydrogen-bond acceptors (Lipinski definition) is 3. The van der Waals surface area contributed by atoms with Gasteiger partial charge in [0.1, 0.15) is 0 Å². The van der Waals surface area contributed by atoms with E-state index in [2.05, 4.69) is 35.2 Å². The molecule has 1 N–H and O–H groups in total. The van der Waals surface area contributed by atoms with Crippen LogP contribution in [0, 0.1) is 0 Å². The third-order valence-electron chi connectivity index (χ3n) is 4.32. The molecule has 0 saturated carbocycles. The molecule has 0 bridgehead atoms. The van der Waals surface area contributed by atoms with Gasteiger partial charge >= 0.3 is 0 Å². The molecule has 1 saturated heterocycles. The summed E-state index contributed by atoms with van der Waals surface area (Å²) >= 11 is 6.39. The maximum absolute atomic E-state index is 6.39. The lowest BCUT2D eigenvalue weighted by Crippen LogP contribution is -2.42. The highest BCUT2D eigenvalue weighted by Gasteiger charge is 2.23. The van der Waals surface area contributed by atoms with Gasteiger partial charge in [-0.1, -0.05) is 17.7 Å². The van der Waals surface area contributed by atoms with Crippen molar-refractivity contribution in [2.75, 3.05) is 18.9 Å². The fourth-order valence-electron chi connectivity index (χ4n) is 2.93. The van der Waals surface area contributed by atoms with E-state index in [1.807, 2.05) is 22.9 Å². The van der Waals surface area contributed by atoms with Gasteiger partial charge in [0.15, 0.2) is 0 Å². The second-order valence-electron chi connectivity index (χ2n) is 5.80. The van der Waals surface area contributed by atoms with Gasteiger partial charge in [-0.25, -0.2) is 4.98 Å². The fourth-order valence-corrected chi connectivity index (χ4v) is 3.20. The van der Waals surface area contributed by atoms with Crippen LogP contribution >= 0.6 is 11.6 Å². The number of aromatic nitrogens is 2. The Morgan fingerprint density at radius 1 is 1.38 bits per heavy atom. The van der Waals surface area contributed by atoms with Crippen molar-refractivity contribution < 1.29 is 0 Å². The molecule has 2 heterocycles.